The maximum absolute atomic E-state index is 12.8. The van der Waals surface area contributed by atoms with Crippen LogP contribution in [0, 0.1) is 18.3 Å². The average molecular weight is 451 g/mol. The molecular formula is C25H22N8O. The summed E-state index contributed by atoms with van der Waals surface area (Å²) in [5.41, 5.74) is 3.69. The van der Waals surface area contributed by atoms with Crippen molar-refractivity contribution in [3.63, 3.8) is 0 Å². The molecule has 0 unspecified atom stereocenters. The first-order valence-electron chi connectivity index (χ1n) is 10.8. The lowest BCUT2D eigenvalue weighted by Crippen LogP contribution is -2.12. The molecule has 5 rings (SSSR count). The van der Waals surface area contributed by atoms with Gasteiger partial charge in [-0.25, -0.2) is 9.20 Å². The van der Waals surface area contributed by atoms with Crippen molar-refractivity contribution in [3.05, 3.63) is 81.9 Å². The standard InChI is InChI=1S/C25H22N8O/c1-15-9-5-7-11-18(15)32-22(16(13-26)14-27-32)30-29-20-21(25(2,3)4)31-33-19-12-8-6-10-17(19)24(34)28-23(20)33/h5-12,14H,1-4H3,(H,28,34)/b30-29+. The Morgan fingerprint density at radius 1 is 1.06 bits per heavy atom. The van der Waals surface area contributed by atoms with Gasteiger partial charge in [-0.05, 0) is 30.7 Å². The summed E-state index contributed by atoms with van der Waals surface area (Å²) in [6.07, 6.45) is 1.47. The summed E-state index contributed by atoms with van der Waals surface area (Å²) in [7, 11) is 0. The second-order valence-corrected chi connectivity index (χ2v) is 9.07. The highest BCUT2D eigenvalue weighted by Gasteiger charge is 2.26. The van der Waals surface area contributed by atoms with E-state index < -0.39 is 0 Å². The van der Waals surface area contributed by atoms with E-state index in [1.165, 1.54) is 6.20 Å². The van der Waals surface area contributed by atoms with Gasteiger partial charge in [0.2, 0.25) is 0 Å². The Balaban J connectivity index is 1.77. The fourth-order valence-corrected chi connectivity index (χ4v) is 3.91. The summed E-state index contributed by atoms with van der Waals surface area (Å²) in [6, 6.07) is 17.1. The molecule has 34 heavy (non-hydrogen) atoms. The summed E-state index contributed by atoms with van der Waals surface area (Å²) in [4.78, 5) is 15.7. The number of benzene rings is 2. The van der Waals surface area contributed by atoms with Crippen LogP contribution in [-0.2, 0) is 5.41 Å². The smallest absolute Gasteiger partial charge is 0.259 e. The van der Waals surface area contributed by atoms with Crippen LogP contribution in [0.4, 0.5) is 11.5 Å². The molecule has 9 heteroatoms. The van der Waals surface area contributed by atoms with E-state index in [0.717, 1.165) is 11.3 Å². The average Bonchev–Trinajstić information content (AvgIpc) is 3.39. The SMILES string of the molecule is Cc1ccccc1-n1ncc(C#N)c1/N=N/c1c(C(C)(C)C)nn2c1[nH]c(=O)c1ccccc12. The maximum atomic E-state index is 12.8. The van der Waals surface area contributed by atoms with E-state index in [2.05, 4.69) is 26.4 Å². The highest BCUT2D eigenvalue weighted by Crippen LogP contribution is 2.36. The van der Waals surface area contributed by atoms with Gasteiger partial charge in [0.15, 0.2) is 17.2 Å². The van der Waals surface area contributed by atoms with E-state index in [0.29, 0.717) is 39.3 Å². The van der Waals surface area contributed by atoms with Crippen LogP contribution in [0.3, 0.4) is 0 Å². The van der Waals surface area contributed by atoms with Crippen LogP contribution >= 0.6 is 0 Å². The normalized spacial score (nSPS) is 12.1. The minimum absolute atomic E-state index is 0.234. The first kappa shape index (κ1) is 21.3. The molecule has 168 valence electrons. The van der Waals surface area contributed by atoms with Crippen LogP contribution in [0.5, 0.6) is 0 Å². The van der Waals surface area contributed by atoms with Crippen molar-refractivity contribution < 1.29 is 0 Å². The third-order valence-electron chi connectivity index (χ3n) is 5.63. The number of hydrogen-bond donors (Lipinski definition) is 1. The van der Waals surface area contributed by atoms with Crippen molar-refractivity contribution in [2.75, 3.05) is 0 Å². The molecule has 0 saturated carbocycles. The highest BCUT2D eigenvalue weighted by atomic mass is 16.1. The van der Waals surface area contributed by atoms with Gasteiger partial charge >= 0.3 is 0 Å². The van der Waals surface area contributed by atoms with Gasteiger partial charge in [-0.15, -0.1) is 10.2 Å². The second-order valence-electron chi connectivity index (χ2n) is 9.07. The molecule has 3 aromatic heterocycles. The number of nitrogens with one attached hydrogen (secondary N) is 1. The molecule has 0 atom stereocenters. The third-order valence-corrected chi connectivity index (χ3v) is 5.63. The van der Waals surface area contributed by atoms with E-state index in [9.17, 15) is 10.1 Å². The number of aromatic nitrogens is 5. The number of rotatable bonds is 3. The first-order chi connectivity index (χ1) is 16.3. The van der Waals surface area contributed by atoms with Gasteiger partial charge in [-0.3, -0.25) is 4.79 Å². The van der Waals surface area contributed by atoms with E-state index >= 15 is 0 Å². The maximum Gasteiger partial charge on any atom is 0.259 e. The van der Waals surface area contributed by atoms with E-state index in [-0.39, 0.29) is 11.0 Å². The molecule has 0 aliphatic rings. The van der Waals surface area contributed by atoms with Gasteiger partial charge < -0.3 is 4.98 Å². The number of fused-ring (bicyclic) bond motifs is 3. The summed E-state index contributed by atoms with van der Waals surface area (Å²) in [6.45, 7) is 8.02. The van der Waals surface area contributed by atoms with Gasteiger partial charge in [-0.2, -0.15) is 15.5 Å². The van der Waals surface area contributed by atoms with Crippen molar-refractivity contribution in [2.24, 2.45) is 10.2 Å². The highest BCUT2D eigenvalue weighted by molar-refractivity contribution is 5.83. The molecule has 1 N–H and O–H groups in total. The number of hydrogen-bond acceptors (Lipinski definition) is 6. The molecule has 0 aliphatic carbocycles. The Labute approximate surface area is 195 Å². The Hall–Kier alpha value is -4.58. The number of aryl methyl sites for hydroxylation is 1. The predicted octanol–water partition coefficient (Wildman–Crippen LogP) is 5.25. The van der Waals surface area contributed by atoms with E-state index in [1.807, 2.05) is 70.2 Å². The fourth-order valence-electron chi connectivity index (χ4n) is 3.91. The van der Waals surface area contributed by atoms with E-state index in [4.69, 9.17) is 5.10 Å². The minimum atomic E-state index is -0.382. The van der Waals surface area contributed by atoms with Crippen molar-refractivity contribution in [3.8, 4) is 11.8 Å². The molecule has 0 aliphatic heterocycles. The quantitative estimate of drug-likeness (QED) is 0.378. The lowest BCUT2D eigenvalue weighted by molar-refractivity contribution is 0.564. The molecule has 0 radical (unpaired) electrons. The number of aromatic amines is 1. The zero-order valence-electron chi connectivity index (χ0n) is 19.2. The van der Waals surface area contributed by atoms with Crippen LogP contribution in [0.15, 0.2) is 69.8 Å². The number of H-pyrrole nitrogens is 1. The second kappa shape index (κ2) is 7.78. The lowest BCUT2D eigenvalue weighted by Gasteiger charge is -2.15. The van der Waals surface area contributed by atoms with Crippen LogP contribution in [0.1, 0.15) is 37.6 Å². The molecule has 9 nitrogen and oxygen atoms in total. The minimum Gasteiger partial charge on any atom is -0.304 e. The molecule has 2 aromatic carbocycles. The first-order valence-corrected chi connectivity index (χ1v) is 10.8. The zero-order valence-corrected chi connectivity index (χ0v) is 19.2. The topological polar surface area (TPSA) is 116 Å². The number of nitriles is 1. The Bertz CT molecular complexity index is 1690. The summed E-state index contributed by atoms with van der Waals surface area (Å²) in [5.74, 6) is 0.305. The molecule has 3 heterocycles. The molecule has 0 saturated heterocycles. The van der Waals surface area contributed by atoms with Crippen molar-refractivity contribution in [1.29, 1.82) is 5.26 Å². The molecule has 5 aromatic rings. The largest absolute Gasteiger partial charge is 0.304 e. The fraction of sp³-hybridized carbons (Fsp3) is 0.200. The van der Waals surface area contributed by atoms with Crippen molar-refractivity contribution >= 4 is 28.1 Å². The van der Waals surface area contributed by atoms with Gasteiger partial charge in [0, 0.05) is 5.41 Å². The zero-order chi connectivity index (χ0) is 24.0. The Kier molecular flexibility index (Phi) is 4.87. The van der Waals surface area contributed by atoms with Crippen LogP contribution in [0.25, 0.3) is 22.2 Å². The van der Waals surface area contributed by atoms with Gasteiger partial charge in [0.25, 0.3) is 5.56 Å². The van der Waals surface area contributed by atoms with Crippen LogP contribution in [0.2, 0.25) is 0 Å². The Morgan fingerprint density at radius 3 is 2.53 bits per heavy atom. The van der Waals surface area contributed by atoms with Crippen molar-refractivity contribution in [1.82, 2.24) is 24.4 Å². The molecule has 0 bridgehead atoms. The molecular weight excluding hydrogens is 428 g/mol. The lowest BCUT2D eigenvalue weighted by atomic mass is 9.91. The van der Waals surface area contributed by atoms with Gasteiger partial charge in [0.05, 0.1) is 28.5 Å². The summed E-state index contributed by atoms with van der Waals surface area (Å²) < 4.78 is 3.29. The molecule has 0 fully saturated rings. The third kappa shape index (κ3) is 3.36. The summed E-state index contributed by atoms with van der Waals surface area (Å²) >= 11 is 0. The number of para-hydroxylation sites is 2. The number of nitrogens with zero attached hydrogens (tertiary/aromatic N) is 7. The van der Waals surface area contributed by atoms with Crippen LogP contribution in [-0.4, -0.2) is 24.4 Å². The Morgan fingerprint density at radius 2 is 1.79 bits per heavy atom. The monoisotopic (exact) mass is 450 g/mol. The van der Waals surface area contributed by atoms with Crippen LogP contribution < -0.4 is 5.56 Å². The molecule has 0 spiro atoms. The van der Waals surface area contributed by atoms with Gasteiger partial charge in [0.1, 0.15) is 11.6 Å². The summed E-state index contributed by atoms with van der Waals surface area (Å²) in [5, 5.41) is 28.3. The van der Waals surface area contributed by atoms with Crippen molar-refractivity contribution in [2.45, 2.75) is 33.1 Å². The molecule has 0 amide bonds. The van der Waals surface area contributed by atoms with E-state index in [1.54, 1.807) is 15.3 Å². The number of azo groups is 1. The predicted molar refractivity (Wildman–Crippen MR) is 129 cm³/mol. The van der Waals surface area contributed by atoms with Gasteiger partial charge in [-0.1, -0.05) is 51.1 Å².